The smallest absolute Gasteiger partial charge is 0.355 e. The Morgan fingerprint density at radius 2 is 1.59 bits per heavy atom. The molecule has 0 bridgehead atoms. The van der Waals surface area contributed by atoms with E-state index in [2.05, 4.69) is 25.8 Å². The molecule has 2 rings (SSSR count). The lowest BCUT2D eigenvalue weighted by atomic mass is 9.86. The summed E-state index contributed by atoms with van der Waals surface area (Å²) in [4.78, 5) is 39.7. The molecular weight excluding hydrogens is 342 g/mol. The van der Waals surface area contributed by atoms with Gasteiger partial charge in [-0.2, -0.15) is 0 Å². The van der Waals surface area contributed by atoms with E-state index in [0.717, 1.165) is 5.56 Å². The number of H-pyrrole nitrogens is 1. The van der Waals surface area contributed by atoms with Crippen LogP contribution in [-0.2, 0) is 10.2 Å². The van der Waals surface area contributed by atoms with Gasteiger partial charge in [-0.1, -0.05) is 45.0 Å². The molecule has 1 atom stereocenters. The molecule has 27 heavy (non-hydrogen) atoms. The minimum absolute atomic E-state index is 0.00289. The van der Waals surface area contributed by atoms with Crippen molar-refractivity contribution in [1.29, 1.82) is 0 Å². The van der Waals surface area contributed by atoms with E-state index in [9.17, 15) is 14.4 Å². The molecule has 0 unspecified atom stereocenters. The Morgan fingerprint density at radius 1 is 1.04 bits per heavy atom. The molecule has 0 spiro atoms. The van der Waals surface area contributed by atoms with Crippen LogP contribution >= 0.6 is 0 Å². The van der Waals surface area contributed by atoms with Crippen LogP contribution in [0.5, 0.6) is 0 Å². The van der Waals surface area contributed by atoms with Gasteiger partial charge in [0.2, 0.25) is 5.78 Å². The number of ketones is 2. The van der Waals surface area contributed by atoms with E-state index in [-0.39, 0.29) is 22.7 Å². The Morgan fingerprint density at radius 3 is 2.04 bits per heavy atom. The molecule has 0 aliphatic heterocycles. The van der Waals surface area contributed by atoms with Crippen molar-refractivity contribution in [2.24, 2.45) is 0 Å². The number of esters is 1. The average Bonchev–Trinajstić information content (AvgIpc) is 2.88. The molecule has 0 radical (unpaired) electrons. The molecule has 0 aliphatic rings. The molecule has 0 fully saturated rings. The fourth-order valence-corrected chi connectivity index (χ4v) is 3.12. The molecule has 1 aromatic carbocycles. The highest BCUT2D eigenvalue weighted by Crippen LogP contribution is 2.23. The topological polar surface area (TPSA) is 76.2 Å². The highest BCUT2D eigenvalue weighted by molar-refractivity contribution is 6.03. The second-order valence-corrected chi connectivity index (χ2v) is 7.92. The van der Waals surface area contributed by atoms with Crippen LogP contribution in [0.25, 0.3) is 0 Å². The summed E-state index contributed by atoms with van der Waals surface area (Å²) in [5.41, 5.74) is 3.46. The number of rotatable bonds is 5. The maximum absolute atomic E-state index is 12.6. The van der Waals surface area contributed by atoms with Crippen molar-refractivity contribution in [3.05, 3.63) is 57.9 Å². The van der Waals surface area contributed by atoms with Gasteiger partial charge in [0.05, 0.1) is 0 Å². The second-order valence-electron chi connectivity index (χ2n) is 7.92. The number of carbonyl (C=O) groups excluding carboxylic acids is 3. The molecule has 0 saturated carbocycles. The first-order valence-electron chi connectivity index (χ1n) is 8.99. The first-order valence-corrected chi connectivity index (χ1v) is 8.99. The van der Waals surface area contributed by atoms with E-state index in [4.69, 9.17) is 4.74 Å². The van der Waals surface area contributed by atoms with Gasteiger partial charge in [0.15, 0.2) is 11.9 Å². The van der Waals surface area contributed by atoms with Crippen molar-refractivity contribution in [2.75, 3.05) is 0 Å². The van der Waals surface area contributed by atoms with Gasteiger partial charge >= 0.3 is 5.97 Å². The number of ether oxygens (including phenoxy) is 1. The third-order valence-corrected chi connectivity index (χ3v) is 4.68. The number of nitrogens with one attached hydrogen (secondary N) is 1. The molecule has 144 valence electrons. The molecule has 1 aromatic heterocycles. The van der Waals surface area contributed by atoms with Crippen molar-refractivity contribution in [3.8, 4) is 0 Å². The Balaban J connectivity index is 2.16. The first kappa shape index (κ1) is 20.6. The van der Waals surface area contributed by atoms with Gasteiger partial charge in [-0.15, -0.1) is 0 Å². The standard InChI is InChI=1S/C22H27NO4/c1-12-18(14(3)24)13(2)23-19(12)21(26)27-15(4)20(25)16-8-10-17(11-9-16)22(5,6)7/h8-11,15,23H,1-7H3/t15-/m0/s1. The van der Waals surface area contributed by atoms with Crippen LogP contribution in [0.1, 0.15) is 82.6 Å². The van der Waals surface area contributed by atoms with E-state index in [1.807, 2.05) is 12.1 Å². The Labute approximate surface area is 160 Å². The minimum atomic E-state index is -0.929. The Kier molecular flexibility index (Phi) is 5.73. The molecule has 1 heterocycles. The number of aromatic amines is 1. The highest BCUT2D eigenvalue weighted by atomic mass is 16.5. The van der Waals surface area contributed by atoms with Gasteiger partial charge in [0, 0.05) is 16.8 Å². The zero-order valence-corrected chi connectivity index (χ0v) is 17.0. The number of hydrogen-bond donors (Lipinski definition) is 1. The predicted molar refractivity (Wildman–Crippen MR) is 105 cm³/mol. The van der Waals surface area contributed by atoms with Crippen molar-refractivity contribution in [2.45, 2.75) is 60.0 Å². The van der Waals surface area contributed by atoms with Crippen molar-refractivity contribution in [1.82, 2.24) is 4.98 Å². The number of carbonyl (C=O) groups is 3. The highest BCUT2D eigenvalue weighted by Gasteiger charge is 2.25. The third kappa shape index (κ3) is 4.35. The van der Waals surface area contributed by atoms with Gasteiger partial charge in [-0.05, 0) is 44.2 Å². The first-order chi connectivity index (χ1) is 12.4. The average molecular weight is 369 g/mol. The number of Topliss-reactive ketones (excluding diaryl/α,β-unsaturated/α-hetero) is 2. The molecule has 5 heteroatoms. The van der Waals surface area contributed by atoms with E-state index < -0.39 is 12.1 Å². The summed E-state index contributed by atoms with van der Waals surface area (Å²) in [5.74, 6) is -1.03. The van der Waals surface area contributed by atoms with Gasteiger partial charge in [-0.25, -0.2) is 4.79 Å². The second kappa shape index (κ2) is 7.51. The van der Waals surface area contributed by atoms with Crippen LogP contribution in [0.2, 0.25) is 0 Å². The van der Waals surface area contributed by atoms with Crippen molar-refractivity contribution < 1.29 is 19.1 Å². The molecule has 0 aliphatic carbocycles. The molecule has 5 nitrogen and oxygen atoms in total. The fraction of sp³-hybridized carbons (Fsp3) is 0.409. The lowest BCUT2D eigenvalue weighted by Gasteiger charge is -2.19. The number of benzene rings is 1. The molecule has 2 aromatic rings. The van der Waals surface area contributed by atoms with E-state index >= 15 is 0 Å². The number of hydrogen-bond acceptors (Lipinski definition) is 4. The number of aromatic nitrogens is 1. The van der Waals surface area contributed by atoms with E-state index in [1.54, 1.807) is 32.9 Å². The largest absolute Gasteiger partial charge is 0.450 e. The molecule has 0 saturated heterocycles. The normalized spacial score (nSPS) is 12.6. The summed E-state index contributed by atoms with van der Waals surface area (Å²) in [7, 11) is 0. The summed E-state index contributed by atoms with van der Waals surface area (Å²) in [5, 5.41) is 0. The van der Waals surface area contributed by atoms with Crippen LogP contribution < -0.4 is 0 Å². The molecular formula is C22H27NO4. The van der Waals surface area contributed by atoms with E-state index in [1.165, 1.54) is 6.92 Å². The molecule has 1 N–H and O–H groups in total. The monoisotopic (exact) mass is 369 g/mol. The fourth-order valence-electron chi connectivity index (χ4n) is 3.12. The lowest BCUT2D eigenvalue weighted by molar-refractivity contribution is 0.0313. The third-order valence-electron chi connectivity index (χ3n) is 4.68. The summed E-state index contributed by atoms with van der Waals surface area (Å²) in [6.07, 6.45) is -0.929. The van der Waals surface area contributed by atoms with Gasteiger partial charge in [0.1, 0.15) is 5.69 Å². The van der Waals surface area contributed by atoms with Crippen LogP contribution in [0, 0.1) is 13.8 Å². The summed E-state index contributed by atoms with van der Waals surface area (Å²) < 4.78 is 5.35. The van der Waals surface area contributed by atoms with Crippen LogP contribution in [0.3, 0.4) is 0 Å². The van der Waals surface area contributed by atoms with E-state index in [0.29, 0.717) is 22.4 Å². The van der Waals surface area contributed by atoms with Crippen LogP contribution in [0.15, 0.2) is 24.3 Å². The zero-order valence-electron chi connectivity index (χ0n) is 17.0. The lowest BCUT2D eigenvalue weighted by Crippen LogP contribution is -2.25. The van der Waals surface area contributed by atoms with Gasteiger partial charge in [-0.3, -0.25) is 9.59 Å². The zero-order chi connectivity index (χ0) is 20.5. The summed E-state index contributed by atoms with van der Waals surface area (Å²) in [6.45, 7) is 12.7. The minimum Gasteiger partial charge on any atom is -0.450 e. The Bertz CT molecular complexity index is 882. The van der Waals surface area contributed by atoms with Gasteiger partial charge in [0.25, 0.3) is 0 Å². The van der Waals surface area contributed by atoms with Crippen LogP contribution in [-0.4, -0.2) is 28.6 Å². The number of aryl methyl sites for hydroxylation is 1. The van der Waals surface area contributed by atoms with Crippen molar-refractivity contribution in [3.63, 3.8) is 0 Å². The maximum Gasteiger partial charge on any atom is 0.355 e. The van der Waals surface area contributed by atoms with Gasteiger partial charge < -0.3 is 9.72 Å². The predicted octanol–water partition coefficient (Wildman–Crippen LogP) is 4.56. The van der Waals surface area contributed by atoms with Crippen molar-refractivity contribution >= 4 is 17.5 Å². The van der Waals surface area contributed by atoms with Crippen LogP contribution in [0.4, 0.5) is 0 Å². The summed E-state index contributed by atoms with van der Waals surface area (Å²) in [6, 6.07) is 7.34. The quantitative estimate of drug-likeness (QED) is 0.619. The SMILES string of the molecule is CC(=O)c1c(C)[nH]c(C(=O)O[C@@H](C)C(=O)c2ccc(C(C)(C)C)cc2)c1C. The summed E-state index contributed by atoms with van der Waals surface area (Å²) >= 11 is 0. The Hall–Kier alpha value is -2.69. The molecule has 0 amide bonds. The maximum atomic E-state index is 12.6.